The lowest BCUT2D eigenvalue weighted by Gasteiger charge is -2.14. The van der Waals surface area contributed by atoms with Gasteiger partial charge in [0, 0.05) is 7.05 Å². The fraction of sp³-hybridized carbons (Fsp3) is 0.357. The molecule has 24 heavy (non-hydrogen) atoms. The number of hydrogen-bond acceptors (Lipinski definition) is 4. The molecule has 2 rings (SSSR count). The van der Waals surface area contributed by atoms with E-state index in [0.717, 1.165) is 16.7 Å². The quantitative estimate of drug-likeness (QED) is 0.891. The first kappa shape index (κ1) is 17.6. The molecule has 10 heteroatoms. The van der Waals surface area contributed by atoms with Crippen molar-refractivity contribution in [2.24, 2.45) is 7.05 Å². The second-order valence-corrected chi connectivity index (χ2v) is 4.87. The number of hydrogen-bond donors (Lipinski definition) is 1. The van der Waals surface area contributed by atoms with Crippen molar-refractivity contribution in [3.05, 3.63) is 45.9 Å². The van der Waals surface area contributed by atoms with E-state index in [1.165, 1.54) is 13.1 Å². The summed E-state index contributed by atoms with van der Waals surface area (Å²) in [6, 6.07) is 1.93. The van der Waals surface area contributed by atoms with E-state index in [9.17, 15) is 27.9 Å². The van der Waals surface area contributed by atoms with Crippen LogP contribution >= 0.6 is 0 Å². The van der Waals surface area contributed by atoms with Gasteiger partial charge in [0.15, 0.2) is 6.04 Å². The number of aliphatic carboxylic acids is 1. The van der Waals surface area contributed by atoms with Crippen LogP contribution in [0.15, 0.2) is 29.1 Å². The third-order valence-corrected chi connectivity index (χ3v) is 3.24. The van der Waals surface area contributed by atoms with E-state index in [0.29, 0.717) is 10.7 Å². The molecular formula is C14H14F3N3O4. The van der Waals surface area contributed by atoms with Crippen molar-refractivity contribution in [3.8, 4) is 6.01 Å². The monoisotopic (exact) mass is 345 g/mol. The topological polar surface area (TPSA) is 86.4 Å². The molecule has 0 spiro atoms. The Balaban J connectivity index is 2.58. The number of alkyl halides is 3. The lowest BCUT2D eigenvalue weighted by atomic mass is 10.0. The van der Waals surface area contributed by atoms with Crippen molar-refractivity contribution < 1.29 is 27.8 Å². The van der Waals surface area contributed by atoms with Gasteiger partial charge < -0.3 is 9.84 Å². The molecule has 130 valence electrons. The molecular weight excluding hydrogens is 331 g/mol. The zero-order valence-corrected chi connectivity index (χ0v) is 12.7. The lowest BCUT2D eigenvalue weighted by Crippen LogP contribution is -2.32. The Labute approximate surface area is 133 Å². The summed E-state index contributed by atoms with van der Waals surface area (Å²) in [5, 5.41) is 13.2. The summed E-state index contributed by atoms with van der Waals surface area (Å²) in [7, 11) is 1.32. The van der Waals surface area contributed by atoms with Gasteiger partial charge in [0.25, 0.3) is 0 Å². The van der Waals surface area contributed by atoms with Crippen LogP contribution in [0.4, 0.5) is 13.2 Å². The second-order valence-electron chi connectivity index (χ2n) is 4.87. The molecule has 0 radical (unpaired) electrons. The van der Waals surface area contributed by atoms with Crippen LogP contribution in [-0.4, -0.2) is 32.0 Å². The molecule has 2 aromatic rings. The van der Waals surface area contributed by atoms with Crippen LogP contribution in [0.25, 0.3) is 0 Å². The number of nitrogens with zero attached hydrogens (tertiary/aromatic N) is 3. The van der Waals surface area contributed by atoms with Gasteiger partial charge in [-0.3, -0.25) is 0 Å². The number of ether oxygens (including phenoxy) is 1. The molecule has 1 unspecified atom stereocenters. The Bertz CT molecular complexity index is 810. The zero-order chi connectivity index (χ0) is 18.1. The SMILES string of the molecule is CCOc1nn(C(C(=O)O)c2cccc(C(F)(F)F)c2)c(=O)n1C. The first-order chi connectivity index (χ1) is 11.2. The van der Waals surface area contributed by atoms with Gasteiger partial charge in [-0.1, -0.05) is 12.1 Å². The van der Waals surface area contributed by atoms with Gasteiger partial charge in [0.1, 0.15) is 0 Å². The van der Waals surface area contributed by atoms with E-state index in [2.05, 4.69) is 5.10 Å². The molecule has 1 atom stereocenters. The summed E-state index contributed by atoms with van der Waals surface area (Å²) in [6.07, 6.45) is -4.63. The predicted octanol–water partition coefficient (Wildman–Crippen LogP) is 1.67. The summed E-state index contributed by atoms with van der Waals surface area (Å²) in [6.45, 7) is 1.83. The van der Waals surface area contributed by atoms with Gasteiger partial charge in [-0.2, -0.15) is 17.9 Å². The minimum Gasteiger partial charge on any atom is -0.479 e. The molecule has 1 aromatic carbocycles. The van der Waals surface area contributed by atoms with Gasteiger partial charge in [-0.25, -0.2) is 14.2 Å². The van der Waals surface area contributed by atoms with E-state index in [1.54, 1.807) is 6.92 Å². The molecule has 0 bridgehead atoms. The van der Waals surface area contributed by atoms with Gasteiger partial charge in [0.2, 0.25) is 0 Å². The van der Waals surface area contributed by atoms with Crippen molar-refractivity contribution in [2.75, 3.05) is 6.61 Å². The van der Waals surface area contributed by atoms with Crippen LogP contribution in [-0.2, 0) is 18.0 Å². The maximum absolute atomic E-state index is 12.8. The van der Waals surface area contributed by atoms with Crippen molar-refractivity contribution >= 4 is 5.97 Å². The first-order valence-corrected chi connectivity index (χ1v) is 6.85. The van der Waals surface area contributed by atoms with Crippen molar-refractivity contribution in [1.29, 1.82) is 0 Å². The Kier molecular flexibility index (Phi) is 4.67. The highest BCUT2D eigenvalue weighted by Gasteiger charge is 2.33. The molecule has 0 saturated carbocycles. The molecule has 1 aromatic heterocycles. The number of rotatable bonds is 5. The first-order valence-electron chi connectivity index (χ1n) is 6.85. The van der Waals surface area contributed by atoms with Gasteiger partial charge >= 0.3 is 23.8 Å². The Morgan fingerprint density at radius 3 is 2.62 bits per heavy atom. The van der Waals surface area contributed by atoms with Crippen LogP contribution in [0.3, 0.4) is 0 Å². The van der Waals surface area contributed by atoms with E-state index < -0.39 is 29.4 Å². The predicted molar refractivity (Wildman–Crippen MR) is 75.9 cm³/mol. The molecule has 0 amide bonds. The summed E-state index contributed by atoms with van der Waals surface area (Å²) in [5.41, 5.74) is -2.05. The van der Waals surface area contributed by atoms with Crippen LogP contribution in [0, 0.1) is 0 Å². The minimum absolute atomic E-state index is 0.124. The Morgan fingerprint density at radius 1 is 1.42 bits per heavy atom. The number of halogens is 3. The molecule has 0 aliphatic rings. The summed E-state index contributed by atoms with van der Waals surface area (Å²) in [5.74, 6) is -1.52. The second kappa shape index (κ2) is 6.38. The average molecular weight is 345 g/mol. The molecule has 0 saturated heterocycles. The number of carboxylic acid groups (broad SMARTS) is 1. The third kappa shape index (κ3) is 3.26. The van der Waals surface area contributed by atoms with E-state index >= 15 is 0 Å². The van der Waals surface area contributed by atoms with Crippen LogP contribution in [0.2, 0.25) is 0 Å². The van der Waals surface area contributed by atoms with E-state index in [1.807, 2.05) is 0 Å². The highest BCUT2D eigenvalue weighted by molar-refractivity contribution is 5.76. The van der Waals surface area contributed by atoms with Gasteiger partial charge in [-0.05, 0) is 24.6 Å². The summed E-state index contributed by atoms with van der Waals surface area (Å²) < 4.78 is 45.1. The third-order valence-electron chi connectivity index (χ3n) is 3.24. The molecule has 0 fully saturated rings. The highest BCUT2D eigenvalue weighted by Crippen LogP contribution is 2.31. The van der Waals surface area contributed by atoms with Crippen LogP contribution in [0.5, 0.6) is 6.01 Å². The largest absolute Gasteiger partial charge is 0.479 e. The number of carboxylic acids is 1. The van der Waals surface area contributed by atoms with Crippen molar-refractivity contribution in [3.63, 3.8) is 0 Å². The van der Waals surface area contributed by atoms with Crippen LogP contribution < -0.4 is 10.4 Å². The fourth-order valence-corrected chi connectivity index (χ4v) is 2.13. The normalized spacial score (nSPS) is 12.9. The van der Waals surface area contributed by atoms with Gasteiger partial charge in [0.05, 0.1) is 12.2 Å². The van der Waals surface area contributed by atoms with E-state index in [4.69, 9.17) is 4.74 Å². The highest BCUT2D eigenvalue weighted by atomic mass is 19.4. The van der Waals surface area contributed by atoms with Crippen molar-refractivity contribution in [2.45, 2.75) is 19.1 Å². The van der Waals surface area contributed by atoms with Crippen molar-refractivity contribution in [1.82, 2.24) is 14.3 Å². The standard InChI is InChI=1S/C14H14F3N3O4/c1-3-24-12-18-20(13(23)19(12)2)10(11(21)22)8-5-4-6-9(7-8)14(15,16)17/h4-7,10H,3H2,1-2H3,(H,21,22). The number of benzene rings is 1. The minimum atomic E-state index is -4.63. The van der Waals surface area contributed by atoms with Crippen LogP contribution in [0.1, 0.15) is 24.1 Å². The summed E-state index contributed by atoms with van der Waals surface area (Å²) >= 11 is 0. The number of aromatic nitrogens is 3. The number of carbonyl (C=O) groups is 1. The maximum atomic E-state index is 12.8. The lowest BCUT2D eigenvalue weighted by molar-refractivity contribution is -0.141. The average Bonchev–Trinajstić information content (AvgIpc) is 2.76. The zero-order valence-electron chi connectivity index (χ0n) is 12.7. The maximum Gasteiger partial charge on any atom is 0.416 e. The molecule has 7 nitrogen and oxygen atoms in total. The smallest absolute Gasteiger partial charge is 0.416 e. The Hall–Kier alpha value is -2.78. The molecule has 1 N–H and O–H groups in total. The van der Waals surface area contributed by atoms with Gasteiger partial charge in [-0.15, -0.1) is 5.10 Å². The summed E-state index contributed by atoms with van der Waals surface area (Å²) in [4.78, 5) is 23.7. The Morgan fingerprint density at radius 2 is 2.08 bits per heavy atom. The fourth-order valence-electron chi connectivity index (χ4n) is 2.13. The molecule has 0 aliphatic heterocycles. The molecule has 0 aliphatic carbocycles. The van der Waals surface area contributed by atoms with E-state index in [-0.39, 0.29) is 18.2 Å². The molecule has 1 heterocycles.